The van der Waals surface area contributed by atoms with E-state index >= 15 is 0 Å². The number of aromatic nitrogens is 1. The summed E-state index contributed by atoms with van der Waals surface area (Å²) in [5.41, 5.74) is 3.19. The van der Waals surface area contributed by atoms with E-state index in [4.69, 9.17) is 28.6 Å². The van der Waals surface area contributed by atoms with Crippen molar-refractivity contribution < 1.29 is 9.53 Å². The predicted molar refractivity (Wildman–Crippen MR) is 137 cm³/mol. The first-order valence-electron chi connectivity index (χ1n) is 10.5. The van der Waals surface area contributed by atoms with Gasteiger partial charge in [0, 0.05) is 27.7 Å². The lowest BCUT2D eigenvalue weighted by atomic mass is 10.1. The fraction of sp³-hybridized carbons (Fsp3) is 0.0769. The van der Waals surface area contributed by atoms with E-state index in [1.54, 1.807) is 12.1 Å². The number of benzene rings is 3. The van der Waals surface area contributed by atoms with Crippen LogP contribution in [0.15, 0.2) is 90.8 Å². The Kier molecular flexibility index (Phi) is 5.86. The summed E-state index contributed by atoms with van der Waals surface area (Å²) in [6.45, 7) is 1.15. The molecule has 0 unspecified atom stereocenters. The fourth-order valence-electron chi connectivity index (χ4n) is 3.87. The number of nitrogens with zero attached hydrogens (tertiary/aromatic N) is 2. The third-order valence-corrected chi connectivity index (χ3v) is 5.96. The maximum atomic E-state index is 13.1. The third kappa shape index (κ3) is 4.35. The van der Waals surface area contributed by atoms with Crippen molar-refractivity contribution in [1.82, 2.24) is 9.88 Å². The molecular formula is C26H20ClN3O2S. The fourth-order valence-corrected chi connectivity index (χ4v) is 4.29. The quantitative estimate of drug-likeness (QED) is 0.291. The highest BCUT2D eigenvalue weighted by atomic mass is 35.5. The molecule has 0 radical (unpaired) electrons. The molecule has 0 saturated carbocycles. The highest BCUT2D eigenvalue weighted by Crippen LogP contribution is 2.27. The van der Waals surface area contributed by atoms with Crippen LogP contribution in [0.4, 0.5) is 5.69 Å². The van der Waals surface area contributed by atoms with Crippen LogP contribution in [-0.4, -0.2) is 22.2 Å². The molecule has 0 atom stereocenters. The van der Waals surface area contributed by atoms with E-state index in [0.717, 1.165) is 27.9 Å². The van der Waals surface area contributed by atoms with Crippen molar-refractivity contribution in [3.05, 3.63) is 101 Å². The summed E-state index contributed by atoms with van der Waals surface area (Å²) in [7, 11) is 0. The van der Waals surface area contributed by atoms with E-state index in [0.29, 0.717) is 29.0 Å². The summed E-state index contributed by atoms with van der Waals surface area (Å²) in [5, 5.41) is 5.17. The van der Waals surface area contributed by atoms with Gasteiger partial charge in [0.1, 0.15) is 18.1 Å². The molecule has 1 aliphatic rings. The Hall–Kier alpha value is -3.61. The predicted octanol–water partition coefficient (Wildman–Crippen LogP) is 5.64. The highest BCUT2D eigenvalue weighted by Gasteiger charge is 2.32. The van der Waals surface area contributed by atoms with Gasteiger partial charge in [-0.15, -0.1) is 0 Å². The second-order valence-corrected chi connectivity index (χ2v) is 8.38. The number of ether oxygens (including phenoxy) is 1. The monoisotopic (exact) mass is 473 g/mol. The summed E-state index contributed by atoms with van der Waals surface area (Å²) in [5.74, 6) is 0.600. The van der Waals surface area contributed by atoms with Crippen molar-refractivity contribution in [2.75, 3.05) is 11.5 Å². The van der Waals surface area contributed by atoms with Crippen molar-refractivity contribution in [1.29, 1.82) is 0 Å². The molecule has 1 amide bonds. The van der Waals surface area contributed by atoms with Crippen LogP contribution in [0.3, 0.4) is 0 Å². The molecule has 4 aromatic rings. The van der Waals surface area contributed by atoms with Gasteiger partial charge in [-0.2, -0.15) is 0 Å². The molecule has 3 aromatic carbocycles. The topological polar surface area (TPSA) is 46.5 Å². The number of thiocarbonyl (C=S) groups is 1. The lowest BCUT2D eigenvalue weighted by Crippen LogP contribution is -2.30. The number of fused-ring (bicyclic) bond motifs is 1. The number of halogens is 1. The first-order valence-corrected chi connectivity index (χ1v) is 11.3. The van der Waals surface area contributed by atoms with E-state index in [1.807, 2.05) is 72.9 Å². The number of rotatable bonds is 6. The summed E-state index contributed by atoms with van der Waals surface area (Å²) < 4.78 is 7.99. The van der Waals surface area contributed by atoms with Crippen LogP contribution in [0.5, 0.6) is 5.75 Å². The van der Waals surface area contributed by atoms with Gasteiger partial charge in [0.15, 0.2) is 5.11 Å². The summed E-state index contributed by atoms with van der Waals surface area (Å²) in [6.07, 6.45) is 3.89. The van der Waals surface area contributed by atoms with Crippen molar-refractivity contribution in [2.45, 2.75) is 6.54 Å². The minimum atomic E-state index is -0.172. The van der Waals surface area contributed by atoms with Gasteiger partial charge < -0.3 is 14.6 Å². The SMILES string of the molecule is O=C1/C(=C/c2cn(CCOc3ccc(Cl)cc3)c3ccccc23)NC(=S)N1c1ccccc1. The normalized spacial score (nSPS) is 14.8. The van der Waals surface area contributed by atoms with E-state index in [-0.39, 0.29) is 5.91 Å². The van der Waals surface area contributed by atoms with Crippen LogP contribution >= 0.6 is 23.8 Å². The van der Waals surface area contributed by atoms with Gasteiger partial charge in [0.25, 0.3) is 5.91 Å². The number of hydrogen-bond acceptors (Lipinski definition) is 3. The molecule has 0 bridgehead atoms. The standard InChI is InChI=1S/C26H20ClN3O2S/c27-19-10-12-21(13-11-19)32-15-14-29-17-18(22-8-4-5-9-24(22)29)16-23-25(31)30(26(33)28-23)20-6-2-1-3-7-20/h1-13,16-17H,14-15H2,(H,28,33)/b23-16-. The molecule has 33 heavy (non-hydrogen) atoms. The molecule has 5 nitrogen and oxygen atoms in total. The van der Waals surface area contributed by atoms with Crippen molar-refractivity contribution in [2.24, 2.45) is 0 Å². The number of carbonyl (C=O) groups excluding carboxylic acids is 1. The van der Waals surface area contributed by atoms with Crippen LogP contribution in [0.1, 0.15) is 5.56 Å². The number of nitrogens with one attached hydrogen (secondary N) is 1. The average Bonchev–Trinajstić information content (AvgIpc) is 3.32. The Morgan fingerprint density at radius 3 is 2.48 bits per heavy atom. The smallest absolute Gasteiger partial charge is 0.281 e. The number of amides is 1. The Morgan fingerprint density at radius 1 is 0.970 bits per heavy atom. The molecule has 1 fully saturated rings. The number of anilines is 1. The van der Waals surface area contributed by atoms with Gasteiger partial charge in [-0.3, -0.25) is 9.69 Å². The largest absolute Gasteiger partial charge is 0.492 e. The molecule has 1 saturated heterocycles. The van der Waals surface area contributed by atoms with E-state index < -0.39 is 0 Å². The Labute approximate surface area is 201 Å². The zero-order valence-corrected chi connectivity index (χ0v) is 19.1. The second-order valence-electron chi connectivity index (χ2n) is 7.56. The van der Waals surface area contributed by atoms with E-state index in [2.05, 4.69) is 16.0 Å². The van der Waals surface area contributed by atoms with Gasteiger partial charge in [-0.1, -0.05) is 48.0 Å². The van der Waals surface area contributed by atoms with Crippen LogP contribution < -0.4 is 15.0 Å². The van der Waals surface area contributed by atoms with Crippen molar-refractivity contribution in [3.63, 3.8) is 0 Å². The van der Waals surface area contributed by atoms with Gasteiger partial charge >= 0.3 is 0 Å². The molecule has 164 valence electrons. The lowest BCUT2D eigenvalue weighted by Gasteiger charge is -2.13. The van der Waals surface area contributed by atoms with Crippen molar-refractivity contribution in [3.8, 4) is 5.75 Å². The molecule has 5 rings (SSSR count). The number of para-hydroxylation sites is 2. The maximum absolute atomic E-state index is 13.1. The van der Waals surface area contributed by atoms with Gasteiger partial charge in [-0.25, -0.2) is 0 Å². The van der Waals surface area contributed by atoms with Crippen LogP contribution in [-0.2, 0) is 11.3 Å². The van der Waals surface area contributed by atoms with Gasteiger partial charge in [0.05, 0.1) is 12.2 Å². The second kappa shape index (κ2) is 9.10. The minimum Gasteiger partial charge on any atom is -0.492 e. The summed E-state index contributed by atoms with van der Waals surface area (Å²) in [6, 6.07) is 24.8. The Balaban J connectivity index is 1.40. The zero-order valence-electron chi connectivity index (χ0n) is 17.6. The van der Waals surface area contributed by atoms with Gasteiger partial charge in [-0.05, 0) is 60.8 Å². The molecule has 1 N–H and O–H groups in total. The van der Waals surface area contributed by atoms with Crippen molar-refractivity contribution >= 4 is 57.5 Å². The molecule has 1 aliphatic heterocycles. The van der Waals surface area contributed by atoms with Gasteiger partial charge in [0.2, 0.25) is 0 Å². The minimum absolute atomic E-state index is 0.172. The highest BCUT2D eigenvalue weighted by molar-refractivity contribution is 7.80. The van der Waals surface area contributed by atoms with E-state index in [9.17, 15) is 4.79 Å². The number of hydrogen-bond donors (Lipinski definition) is 1. The lowest BCUT2D eigenvalue weighted by molar-refractivity contribution is -0.113. The summed E-state index contributed by atoms with van der Waals surface area (Å²) in [4.78, 5) is 14.6. The number of carbonyl (C=O) groups is 1. The molecule has 7 heteroatoms. The first kappa shape index (κ1) is 21.2. The maximum Gasteiger partial charge on any atom is 0.281 e. The molecular weight excluding hydrogens is 454 g/mol. The van der Waals surface area contributed by atoms with Crippen LogP contribution in [0, 0.1) is 0 Å². The average molecular weight is 474 g/mol. The van der Waals surface area contributed by atoms with Crippen LogP contribution in [0.25, 0.3) is 17.0 Å². The molecule has 0 spiro atoms. The zero-order chi connectivity index (χ0) is 22.8. The molecule has 1 aromatic heterocycles. The molecule has 0 aliphatic carbocycles. The first-order chi connectivity index (χ1) is 16.1. The Bertz CT molecular complexity index is 1360. The Morgan fingerprint density at radius 2 is 1.70 bits per heavy atom. The molecule has 2 heterocycles. The van der Waals surface area contributed by atoms with Crippen LogP contribution in [0.2, 0.25) is 5.02 Å². The third-order valence-electron chi connectivity index (χ3n) is 5.43. The summed E-state index contributed by atoms with van der Waals surface area (Å²) >= 11 is 11.4. The van der Waals surface area contributed by atoms with E-state index in [1.165, 1.54) is 4.90 Å².